The average molecular weight is 245 g/mol. The van der Waals surface area contributed by atoms with Crippen molar-refractivity contribution in [3.8, 4) is 0 Å². The van der Waals surface area contributed by atoms with Gasteiger partial charge in [-0.05, 0) is 26.2 Å². The van der Waals surface area contributed by atoms with Crippen molar-refractivity contribution in [2.75, 3.05) is 6.54 Å². The third kappa shape index (κ3) is 2.54. The molecule has 1 aromatic heterocycles. The van der Waals surface area contributed by atoms with Crippen molar-refractivity contribution >= 4 is 18.3 Å². The quantitative estimate of drug-likeness (QED) is 0.734. The average Bonchev–Trinajstić information content (AvgIpc) is 2.58. The number of nitrogens with two attached hydrogens (primary N) is 1. The van der Waals surface area contributed by atoms with Crippen LogP contribution in [-0.4, -0.2) is 28.2 Å². The largest absolute Gasteiger partial charge is 0.350 e. The Hall–Kier alpha value is -1.07. The number of aromatic nitrogens is 2. The van der Waals surface area contributed by atoms with Crippen LogP contribution in [0.2, 0.25) is 0 Å². The number of aromatic amines is 1. The lowest BCUT2D eigenvalue weighted by atomic mass is 9.78. The second-order valence-corrected chi connectivity index (χ2v) is 4.31. The predicted octanol–water partition coefficient (Wildman–Crippen LogP) is 0.751. The van der Waals surface area contributed by atoms with E-state index in [-0.39, 0.29) is 23.9 Å². The van der Waals surface area contributed by atoms with Crippen LogP contribution in [0.15, 0.2) is 6.20 Å². The van der Waals surface area contributed by atoms with Gasteiger partial charge >= 0.3 is 0 Å². The van der Waals surface area contributed by atoms with Crippen LogP contribution in [-0.2, 0) is 0 Å². The first-order valence-electron chi connectivity index (χ1n) is 5.18. The van der Waals surface area contributed by atoms with E-state index in [4.69, 9.17) is 5.73 Å². The first-order chi connectivity index (χ1) is 7.11. The summed E-state index contributed by atoms with van der Waals surface area (Å²) in [7, 11) is 0. The number of hydrogen-bond acceptors (Lipinski definition) is 3. The summed E-state index contributed by atoms with van der Waals surface area (Å²) in [6, 6.07) is 0. The van der Waals surface area contributed by atoms with Gasteiger partial charge in [0.2, 0.25) is 0 Å². The fourth-order valence-electron chi connectivity index (χ4n) is 1.74. The standard InChI is InChI=1S/C10H16N4O.ClH/c1-7-8(5-13-14-7)9(15)12-6-10(11)3-2-4-10;/h5H,2-4,6,11H2,1H3,(H,12,15)(H,13,14);1H. The van der Waals surface area contributed by atoms with Crippen molar-refractivity contribution in [1.29, 1.82) is 0 Å². The Morgan fingerprint density at radius 3 is 2.81 bits per heavy atom. The van der Waals surface area contributed by atoms with Crippen LogP contribution in [0.5, 0.6) is 0 Å². The van der Waals surface area contributed by atoms with Gasteiger partial charge in [0.1, 0.15) is 0 Å². The summed E-state index contributed by atoms with van der Waals surface area (Å²) in [4.78, 5) is 11.7. The highest BCUT2D eigenvalue weighted by molar-refractivity contribution is 5.94. The summed E-state index contributed by atoms with van der Waals surface area (Å²) in [5, 5.41) is 9.38. The lowest BCUT2D eigenvalue weighted by Gasteiger charge is -2.38. The van der Waals surface area contributed by atoms with Crippen LogP contribution in [0.25, 0.3) is 0 Å². The first kappa shape index (κ1) is 13.0. The number of hydrogen-bond donors (Lipinski definition) is 3. The van der Waals surface area contributed by atoms with Gasteiger partial charge in [-0.2, -0.15) is 5.10 Å². The number of nitrogens with zero attached hydrogens (tertiary/aromatic N) is 1. The number of amides is 1. The molecule has 1 fully saturated rings. The van der Waals surface area contributed by atoms with E-state index >= 15 is 0 Å². The molecule has 5 nitrogen and oxygen atoms in total. The van der Waals surface area contributed by atoms with Crippen molar-refractivity contribution < 1.29 is 4.79 Å². The van der Waals surface area contributed by atoms with Gasteiger partial charge in [-0.15, -0.1) is 12.4 Å². The Balaban J connectivity index is 0.00000128. The number of aryl methyl sites for hydroxylation is 1. The Morgan fingerprint density at radius 1 is 1.69 bits per heavy atom. The molecule has 1 amide bonds. The van der Waals surface area contributed by atoms with Gasteiger partial charge in [-0.25, -0.2) is 0 Å². The maximum absolute atomic E-state index is 11.7. The van der Waals surface area contributed by atoms with E-state index in [2.05, 4.69) is 15.5 Å². The summed E-state index contributed by atoms with van der Waals surface area (Å²) in [6.07, 6.45) is 4.70. The molecular formula is C10H17ClN4O. The van der Waals surface area contributed by atoms with E-state index in [0.29, 0.717) is 12.1 Å². The van der Waals surface area contributed by atoms with Crippen molar-refractivity contribution in [2.24, 2.45) is 5.73 Å². The van der Waals surface area contributed by atoms with Crippen molar-refractivity contribution in [3.05, 3.63) is 17.5 Å². The topological polar surface area (TPSA) is 83.8 Å². The SMILES string of the molecule is Cc1[nH]ncc1C(=O)NCC1(N)CCC1.Cl. The fraction of sp³-hybridized carbons (Fsp3) is 0.600. The highest BCUT2D eigenvalue weighted by atomic mass is 35.5. The molecule has 0 spiro atoms. The molecule has 0 saturated heterocycles. The lowest BCUT2D eigenvalue weighted by molar-refractivity contribution is 0.0929. The van der Waals surface area contributed by atoms with E-state index in [0.717, 1.165) is 25.0 Å². The maximum Gasteiger partial charge on any atom is 0.254 e. The normalized spacial score (nSPS) is 17.1. The third-order valence-electron chi connectivity index (χ3n) is 3.02. The Bertz CT molecular complexity index is 373. The monoisotopic (exact) mass is 244 g/mol. The second-order valence-electron chi connectivity index (χ2n) is 4.31. The Kier molecular flexibility index (Phi) is 3.93. The fourth-order valence-corrected chi connectivity index (χ4v) is 1.74. The summed E-state index contributed by atoms with van der Waals surface area (Å²) >= 11 is 0. The zero-order chi connectivity index (χ0) is 10.9. The zero-order valence-corrected chi connectivity index (χ0v) is 10.1. The van der Waals surface area contributed by atoms with Crippen molar-refractivity contribution in [2.45, 2.75) is 31.7 Å². The molecule has 0 aromatic carbocycles. The maximum atomic E-state index is 11.7. The van der Waals surface area contributed by atoms with Gasteiger partial charge in [-0.3, -0.25) is 9.89 Å². The molecule has 90 valence electrons. The van der Waals surface area contributed by atoms with E-state index in [1.807, 2.05) is 6.92 Å². The molecule has 1 heterocycles. The van der Waals surface area contributed by atoms with E-state index in [9.17, 15) is 4.79 Å². The highest BCUT2D eigenvalue weighted by Gasteiger charge is 2.32. The molecule has 0 bridgehead atoms. The van der Waals surface area contributed by atoms with E-state index in [1.54, 1.807) is 0 Å². The summed E-state index contributed by atoms with van der Waals surface area (Å²) in [6.45, 7) is 2.37. The molecular weight excluding hydrogens is 228 g/mol. The van der Waals surface area contributed by atoms with E-state index < -0.39 is 0 Å². The molecule has 2 rings (SSSR count). The molecule has 0 atom stereocenters. The van der Waals surface area contributed by atoms with Gasteiger partial charge in [0.15, 0.2) is 0 Å². The van der Waals surface area contributed by atoms with Crippen molar-refractivity contribution in [3.63, 3.8) is 0 Å². The van der Waals surface area contributed by atoms with Crippen LogP contribution in [0.1, 0.15) is 35.3 Å². The molecule has 1 saturated carbocycles. The van der Waals surface area contributed by atoms with Crippen LogP contribution < -0.4 is 11.1 Å². The van der Waals surface area contributed by atoms with Crippen LogP contribution >= 0.6 is 12.4 Å². The minimum absolute atomic E-state index is 0. The lowest BCUT2D eigenvalue weighted by Crippen LogP contribution is -2.54. The number of carbonyl (C=O) groups excluding carboxylic acids is 1. The summed E-state index contributed by atoms with van der Waals surface area (Å²) in [5.74, 6) is -0.0991. The van der Waals surface area contributed by atoms with Gasteiger partial charge in [0, 0.05) is 17.8 Å². The smallest absolute Gasteiger partial charge is 0.254 e. The molecule has 1 aromatic rings. The van der Waals surface area contributed by atoms with E-state index in [1.165, 1.54) is 6.20 Å². The summed E-state index contributed by atoms with van der Waals surface area (Å²) in [5.41, 5.74) is 7.21. The molecule has 16 heavy (non-hydrogen) atoms. The van der Waals surface area contributed by atoms with Crippen LogP contribution in [0, 0.1) is 6.92 Å². The number of rotatable bonds is 3. The Labute approximate surface area is 101 Å². The van der Waals surface area contributed by atoms with Crippen molar-refractivity contribution in [1.82, 2.24) is 15.5 Å². The minimum Gasteiger partial charge on any atom is -0.350 e. The summed E-state index contributed by atoms with van der Waals surface area (Å²) < 4.78 is 0. The number of H-pyrrole nitrogens is 1. The second kappa shape index (κ2) is 4.84. The molecule has 6 heteroatoms. The zero-order valence-electron chi connectivity index (χ0n) is 9.25. The number of carbonyl (C=O) groups is 1. The molecule has 4 N–H and O–H groups in total. The molecule has 0 unspecified atom stereocenters. The first-order valence-corrected chi connectivity index (χ1v) is 5.18. The molecule has 1 aliphatic rings. The van der Waals surface area contributed by atoms with Gasteiger partial charge in [0.25, 0.3) is 5.91 Å². The van der Waals surface area contributed by atoms with Crippen LogP contribution in [0.3, 0.4) is 0 Å². The molecule has 0 radical (unpaired) electrons. The molecule has 1 aliphatic carbocycles. The number of nitrogens with one attached hydrogen (secondary N) is 2. The minimum atomic E-state index is -0.173. The van der Waals surface area contributed by atoms with Gasteiger partial charge in [-0.1, -0.05) is 0 Å². The predicted molar refractivity (Wildman–Crippen MR) is 63.7 cm³/mol. The Morgan fingerprint density at radius 2 is 2.38 bits per heavy atom. The number of halogens is 1. The molecule has 0 aliphatic heterocycles. The van der Waals surface area contributed by atoms with Gasteiger partial charge in [0.05, 0.1) is 11.8 Å². The van der Waals surface area contributed by atoms with Gasteiger partial charge < -0.3 is 11.1 Å². The highest BCUT2D eigenvalue weighted by Crippen LogP contribution is 2.28. The van der Waals surface area contributed by atoms with Crippen LogP contribution in [0.4, 0.5) is 0 Å². The third-order valence-corrected chi connectivity index (χ3v) is 3.02.